The standard InChI is InChI=1S/C13H16N4OS/c1-8-7-19-11(17-8)5-6-16-12-9(13(15)18)3-2-4-10(12)14/h2-4,7,16H,5-6,14H2,1H3,(H2,15,18). The topological polar surface area (TPSA) is 94.0 Å². The first kappa shape index (κ1) is 13.4. The summed E-state index contributed by atoms with van der Waals surface area (Å²) >= 11 is 1.63. The second-order valence-electron chi connectivity index (χ2n) is 4.19. The molecule has 1 amide bonds. The van der Waals surface area contributed by atoms with Crippen molar-refractivity contribution in [1.29, 1.82) is 0 Å². The molecule has 0 bridgehead atoms. The van der Waals surface area contributed by atoms with Crippen molar-refractivity contribution < 1.29 is 4.79 Å². The molecule has 0 radical (unpaired) electrons. The Balaban J connectivity index is 2.05. The fourth-order valence-electron chi connectivity index (χ4n) is 1.78. The molecular formula is C13H16N4OS. The highest BCUT2D eigenvalue weighted by Crippen LogP contribution is 2.23. The van der Waals surface area contributed by atoms with Gasteiger partial charge >= 0.3 is 0 Å². The molecule has 1 aromatic carbocycles. The smallest absolute Gasteiger partial charge is 0.250 e. The van der Waals surface area contributed by atoms with Crippen LogP contribution in [0.4, 0.5) is 11.4 Å². The van der Waals surface area contributed by atoms with Crippen molar-refractivity contribution in [3.05, 3.63) is 39.8 Å². The molecule has 0 spiro atoms. The van der Waals surface area contributed by atoms with E-state index in [1.54, 1.807) is 29.5 Å². The number of para-hydroxylation sites is 1. The zero-order valence-corrected chi connectivity index (χ0v) is 11.5. The van der Waals surface area contributed by atoms with E-state index >= 15 is 0 Å². The van der Waals surface area contributed by atoms with Crippen LogP contribution in [0.15, 0.2) is 23.6 Å². The number of benzene rings is 1. The first-order valence-electron chi connectivity index (χ1n) is 5.91. The summed E-state index contributed by atoms with van der Waals surface area (Å²) in [6, 6.07) is 5.11. The van der Waals surface area contributed by atoms with Crippen molar-refractivity contribution in [3.63, 3.8) is 0 Å². The number of primary amides is 1. The number of amides is 1. The minimum Gasteiger partial charge on any atom is -0.397 e. The number of nitrogen functional groups attached to an aromatic ring is 1. The van der Waals surface area contributed by atoms with Crippen LogP contribution in [0.2, 0.25) is 0 Å². The van der Waals surface area contributed by atoms with Gasteiger partial charge in [-0.1, -0.05) is 6.07 Å². The Hall–Kier alpha value is -2.08. The molecular weight excluding hydrogens is 260 g/mol. The average molecular weight is 276 g/mol. The van der Waals surface area contributed by atoms with Gasteiger partial charge in [-0.15, -0.1) is 11.3 Å². The summed E-state index contributed by atoms with van der Waals surface area (Å²) < 4.78 is 0. The van der Waals surface area contributed by atoms with E-state index in [0.717, 1.165) is 17.1 Å². The number of nitrogens with zero attached hydrogens (tertiary/aromatic N) is 1. The van der Waals surface area contributed by atoms with E-state index in [0.29, 0.717) is 23.5 Å². The summed E-state index contributed by atoms with van der Waals surface area (Å²) in [5.41, 5.74) is 13.7. The molecule has 0 aliphatic rings. The number of hydrogen-bond acceptors (Lipinski definition) is 5. The molecule has 19 heavy (non-hydrogen) atoms. The van der Waals surface area contributed by atoms with Crippen molar-refractivity contribution in [3.8, 4) is 0 Å². The number of carbonyl (C=O) groups is 1. The van der Waals surface area contributed by atoms with Crippen LogP contribution >= 0.6 is 11.3 Å². The molecule has 1 aromatic heterocycles. The molecule has 6 heteroatoms. The molecule has 0 atom stereocenters. The molecule has 0 aliphatic heterocycles. The zero-order valence-electron chi connectivity index (χ0n) is 10.6. The number of nitrogens with one attached hydrogen (secondary N) is 1. The van der Waals surface area contributed by atoms with Gasteiger partial charge < -0.3 is 16.8 Å². The Morgan fingerprint density at radius 3 is 2.89 bits per heavy atom. The molecule has 0 unspecified atom stereocenters. The number of rotatable bonds is 5. The number of hydrogen-bond donors (Lipinski definition) is 3. The van der Waals surface area contributed by atoms with Gasteiger partial charge in [-0.05, 0) is 19.1 Å². The van der Waals surface area contributed by atoms with Crippen LogP contribution in [0.25, 0.3) is 0 Å². The maximum absolute atomic E-state index is 11.3. The monoisotopic (exact) mass is 276 g/mol. The van der Waals surface area contributed by atoms with E-state index in [-0.39, 0.29) is 0 Å². The average Bonchev–Trinajstić information content (AvgIpc) is 2.77. The first-order chi connectivity index (χ1) is 9.08. The van der Waals surface area contributed by atoms with E-state index in [4.69, 9.17) is 11.5 Å². The Morgan fingerprint density at radius 1 is 1.47 bits per heavy atom. The van der Waals surface area contributed by atoms with Crippen LogP contribution in [0, 0.1) is 6.92 Å². The number of thiazole rings is 1. The number of aryl methyl sites for hydroxylation is 1. The molecule has 5 N–H and O–H groups in total. The highest BCUT2D eigenvalue weighted by molar-refractivity contribution is 7.09. The second-order valence-corrected chi connectivity index (χ2v) is 5.14. The highest BCUT2D eigenvalue weighted by atomic mass is 32.1. The Morgan fingerprint density at radius 2 is 2.26 bits per heavy atom. The largest absolute Gasteiger partial charge is 0.397 e. The van der Waals surface area contributed by atoms with Gasteiger partial charge in [0.25, 0.3) is 5.91 Å². The third-order valence-electron chi connectivity index (χ3n) is 2.67. The van der Waals surface area contributed by atoms with Crippen molar-refractivity contribution >= 4 is 28.6 Å². The Bertz CT molecular complexity index is 594. The van der Waals surface area contributed by atoms with Crippen LogP contribution < -0.4 is 16.8 Å². The van der Waals surface area contributed by atoms with Crippen LogP contribution in [0.1, 0.15) is 21.1 Å². The van der Waals surface area contributed by atoms with Crippen molar-refractivity contribution in [2.45, 2.75) is 13.3 Å². The van der Waals surface area contributed by atoms with Crippen molar-refractivity contribution in [2.24, 2.45) is 5.73 Å². The minimum absolute atomic E-state index is 0.412. The zero-order chi connectivity index (χ0) is 13.8. The Labute approximate surface area is 115 Å². The summed E-state index contributed by atoms with van der Waals surface area (Å²) in [4.78, 5) is 15.7. The maximum atomic E-state index is 11.3. The molecule has 0 fully saturated rings. The van der Waals surface area contributed by atoms with E-state index in [1.165, 1.54) is 0 Å². The van der Waals surface area contributed by atoms with Gasteiger partial charge in [-0.3, -0.25) is 4.79 Å². The van der Waals surface area contributed by atoms with Gasteiger partial charge in [-0.25, -0.2) is 4.98 Å². The third-order valence-corrected chi connectivity index (χ3v) is 3.70. The van der Waals surface area contributed by atoms with Crippen LogP contribution in [0.5, 0.6) is 0 Å². The third kappa shape index (κ3) is 3.23. The van der Waals surface area contributed by atoms with E-state index in [2.05, 4.69) is 10.3 Å². The first-order valence-corrected chi connectivity index (χ1v) is 6.79. The van der Waals surface area contributed by atoms with E-state index in [9.17, 15) is 4.79 Å². The van der Waals surface area contributed by atoms with Gasteiger partial charge in [-0.2, -0.15) is 0 Å². The molecule has 1 heterocycles. The van der Waals surface area contributed by atoms with Crippen molar-refractivity contribution in [1.82, 2.24) is 4.98 Å². The number of aromatic nitrogens is 1. The molecule has 0 aliphatic carbocycles. The predicted octanol–water partition coefficient (Wildman–Crippen LogP) is 1.79. The number of anilines is 2. The molecule has 100 valence electrons. The van der Waals surface area contributed by atoms with Crippen LogP contribution in [0.3, 0.4) is 0 Å². The van der Waals surface area contributed by atoms with Gasteiger partial charge in [0, 0.05) is 24.0 Å². The summed E-state index contributed by atoms with van der Waals surface area (Å²) in [6.45, 7) is 2.62. The Kier molecular flexibility index (Phi) is 4.01. The summed E-state index contributed by atoms with van der Waals surface area (Å²) in [7, 11) is 0. The fourth-order valence-corrected chi connectivity index (χ4v) is 2.56. The SMILES string of the molecule is Cc1csc(CCNc2c(N)cccc2C(N)=O)n1. The lowest BCUT2D eigenvalue weighted by atomic mass is 10.1. The minimum atomic E-state index is -0.486. The lowest BCUT2D eigenvalue weighted by molar-refractivity contribution is 0.100. The van der Waals surface area contributed by atoms with Crippen LogP contribution in [-0.4, -0.2) is 17.4 Å². The number of carbonyl (C=O) groups excluding carboxylic acids is 1. The van der Waals surface area contributed by atoms with Crippen molar-refractivity contribution in [2.75, 3.05) is 17.6 Å². The van der Waals surface area contributed by atoms with Gasteiger partial charge in [0.1, 0.15) is 0 Å². The summed E-state index contributed by atoms with van der Waals surface area (Å²) in [6.07, 6.45) is 0.783. The number of nitrogens with two attached hydrogens (primary N) is 2. The van der Waals surface area contributed by atoms with Gasteiger partial charge in [0.05, 0.1) is 21.9 Å². The van der Waals surface area contributed by atoms with Crippen LogP contribution in [-0.2, 0) is 6.42 Å². The normalized spacial score (nSPS) is 10.4. The van der Waals surface area contributed by atoms with Gasteiger partial charge in [0.2, 0.25) is 0 Å². The second kappa shape index (κ2) is 5.71. The fraction of sp³-hybridized carbons (Fsp3) is 0.231. The van der Waals surface area contributed by atoms with Gasteiger partial charge in [0.15, 0.2) is 0 Å². The quantitative estimate of drug-likeness (QED) is 0.726. The molecule has 2 rings (SSSR count). The maximum Gasteiger partial charge on any atom is 0.250 e. The summed E-state index contributed by atoms with van der Waals surface area (Å²) in [5.74, 6) is -0.486. The van der Waals surface area contributed by atoms with E-state index < -0.39 is 5.91 Å². The lowest BCUT2D eigenvalue weighted by Crippen LogP contribution is -2.16. The van der Waals surface area contributed by atoms with E-state index in [1.807, 2.05) is 12.3 Å². The highest BCUT2D eigenvalue weighted by Gasteiger charge is 2.10. The lowest BCUT2D eigenvalue weighted by Gasteiger charge is -2.12. The molecule has 0 saturated carbocycles. The molecule has 2 aromatic rings. The summed E-state index contributed by atoms with van der Waals surface area (Å²) in [5, 5.41) is 6.23. The molecule has 5 nitrogen and oxygen atoms in total. The predicted molar refractivity (Wildman–Crippen MR) is 78.4 cm³/mol. The molecule has 0 saturated heterocycles.